The molecule has 2 aromatic carbocycles. The van der Waals surface area contributed by atoms with Crippen LogP contribution in [0.4, 0.5) is 13.9 Å². The van der Waals surface area contributed by atoms with Crippen molar-refractivity contribution in [3.63, 3.8) is 0 Å². The van der Waals surface area contributed by atoms with Gasteiger partial charge in [0.05, 0.1) is 0 Å². The minimum absolute atomic E-state index is 0.155. The first-order valence-electron chi connectivity index (χ1n) is 9.39. The van der Waals surface area contributed by atoms with E-state index in [0.29, 0.717) is 29.5 Å². The number of aryl methyl sites for hydroxylation is 1. The van der Waals surface area contributed by atoms with Gasteiger partial charge in [-0.05, 0) is 54.1 Å². The van der Waals surface area contributed by atoms with E-state index in [9.17, 15) is 13.6 Å². The second kappa shape index (κ2) is 9.00. The number of hydrogen-bond acceptors (Lipinski definition) is 4. The van der Waals surface area contributed by atoms with Crippen molar-refractivity contribution in [1.29, 1.82) is 0 Å². The van der Waals surface area contributed by atoms with E-state index in [1.807, 2.05) is 12.1 Å². The van der Waals surface area contributed by atoms with Crippen LogP contribution in [0, 0.1) is 11.6 Å². The number of nitrogens with one attached hydrogen (secondary N) is 1. The van der Waals surface area contributed by atoms with Gasteiger partial charge in [0.25, 0.3) is 0 Å². The van der Waals surface area contributed by atoms with Gasteiger partial charge in [0.15, 0.2) is 5.13 Å². The van der Waals surface area contributed by atoms with Crippen molar-refractivity contribution < 1.29 is 18.0 Å². The average molecular weight is 424 g/mol. The Morgan fingerprint density at radius 1 is 0.967 bits per heavy atom. The lowest BCUT2D eigenvalue weighted by atomic mass is 10.1. The highest BCUT2D eigenvalue weighted by Crippen LogP contribution is 2.24. The Bertz CT molecular complexity index is 1130. The average Bonchev–Trinajstić information content (AvgIpc) is 3.38. The van der Waals surface area contributed by atoms with Crippen molar-refractivity contribution >= 4 is 22.4 Å². The molecule has 1 N–H and O–H groups in total. The Labute approximate surface area is 176 Å². The first-order chi connectivity index (χ1) is 14.5. The van der Waals surface area contributed by atoms with Gasteiger partial charge >= 0.3 is 0 Å². The lowest BCUT2D eigenvalue weighted by Crippen LogP contribution is -2.11. The third-order valence-corrected chi connectivity index (χ3v) is 5.39. The lowest BCUT2D eigenvalue weighted by molar-refractivity contribution is -0.116. The van der Waals surface area contributed by atoms with Crippen molar-refractivity contribution in [2.75, 3.05) is 5.32 Å². The van der Waals surface area contributed by atoms with Crippen LogP contribution in [0.25, 0.3) is 11.3 Å². The molecule has 0 aliphatic heterocycles. The normalized spacial score (nSPS) is 10.9. The summed E-state index contributed by atoms with van der Waals surface area (Å²) >= 11 is 1.39. The number of carbonyl (C=O) groups excluding carboxylic acids is 1. The molecule has 4 rings (SSSR count). The number of halogens is 2. The predicted molar refractivity (Wildman–Crippen MR) is 112 cm³/mol. The monoisotopic (exact) mass is 424 g/mol. The van der Waals surface area contributed by atoms with E-state index in [1.54, 1.807) is 30.5 Å². The molecule has 2 aromatic heterocycles. The van der Waals surface area contributed by atoms with E-state index in [1.165, 1.54) is 35.6 Å². The van der Waals surface area contributed by atoms with Crippen LogP contribution in [-0.2, 0) is 17.6 Å². The number of rotatable bonds is 7. The molecule has 0 unspecified atom stereocenters. The third-order valence-electron chi connectivity index (χ3n) is 4.48. The maximum absolute atomic E-state index is 13.0. The number of hydrogen-bond donors (Lipinski definition) is 1. The summed E-state index contributed by atoms with van der Waals surface area (Å²) in [6, 6.07) is 16.0. The van der Waals surface area contributed by atoms with Crippen molar-refractivity contribution in [1.82, 2.24) is 4.98 Å². The Hall–Kier alpha value is -3.32. The SMILES string of the molecule is O=C(CCc1ccc(-c2ccc(F)cc2)o1)Nc1ncc(Cc2ccc(F)cc2)s1. The van der Waals surface area contributed by atoms with E-state index in [2.05, 4.69) is 10.3 Å². The highest BCUT2D eigenvalue weighted by Gasteiger charge is 2.10. The Morgan fingerprint density at radius 3 is 2.40 bits per heavy atom. The summed E-state index contributed by atoms with van der Waals surface area (Å²) in [5.74, 6) is 0.594. The maximum atomic E-state index is 13.0. The van der Waals surface area contributed by atoms with E-state index < -0.39 is 0 Å². The van der Waals surface area contributed by atoms with Gasteiger partial charge in [-0.15, -0.1) is 11.3 Å². The highest BCUT2D eigenvalue weighted by atomic mass is 32.1. The molecule has 0 radical (unpaired) electrons. The van der Waals surface area contributed by atoms with Crippen molar-refractivity contribution in [2.24, 2.45) is 0 Å². The van der Waals surface area contributed by atoms with Crippen LogP contribution < -0.4 is 5.32 Å². The summed E-state index contributed by atoms with van der Waals surface area (Å²) in [5, 5.41) is 3.33. The van der Waals surface area contributed by atoms with E-state index in [4.69, 9.17) is 4.42 Å². The molecule has 30 heavy (non-hydrogen) atoms. The van der Waals surface area contributed by atoms with Crippen LogP contribution in [0.2, 0.25) is 0 Å². The van der Waals surface area contributed by atoms with Gasteiger partial charge in [-0.25, -0.2) is 13.8 Å². The van der Waals surface area contributed by atoms with Crippen LogP contribution in [0.15, 0.2) is 71.3 Å². The lowest BCUT2D eigenvalue weighted by Gasteiger charge is -2.01. The molecule has 0 saturated heterocycles. The van der Waals surface area contributed by atoms with Gasteiger partial charge in [-0.1, -0.05) is 12.1 Å². The second-order valence-corrected chi connectivity index (χ2v) is 7.87. The number of anilines is 1. The summed E-state index contributed by atoms with van der Waals surface area (Å²) in [6.45, 7) is 0. The number of amides is 1. The van der Waals surface area contributed by atoms with Crippen molar-refractivity contribution in [3.8, 4) is 11.3 Å². The molecule has 0 aliphatic rings. The van der Waals surface area contributed by atoms with Crippen LogP contribution in [0.1, 0.15) is 22.6 Å². The van der Waals surface area contributed by atoms with E-state index >= 15 is 0 Å². The van der Waals surface area contributed by atoms with Gasteiger partial charge in [-0.2, -0.15) is 0 Å². The van der Waals surface area contributed by atoms with Crippen LogP contribution in [-0.4, -0.2) is 10.9 Å². The van der Waals surface area contributed by atoms with Crippen LogP contribution >= 0.6 is 11.3 Å². The Morgan fingerprint density at radius 2 is 1.67 bits per heavy atom. The first kappa shape index (κ1) is 20.0. The van der Waals surface area contributed by atoms with Crippen LogP contribution in [0.3, 0.4) is 0 Å². The maximum Gasteiger partial charge on any atom is 0.226 e. The molecule has 0 saturated carbocycles. The largest absolute Gasteiger partial charge is 0.461 e. The molecule has 2 heterocycles. The summed E-state index contributed by atoms with van der Waals surface area (Å²) in [7, 11) is 0. The molecule has 0 aliphatic carbocycles. The number of carbonyl (C=O) groups is 1. The molecule has 0 atom stereocenters. The molecule has 7 heteroatoms. The summed E-state index contributed by atoms with van der Waals surface area (Å²) < 4.78 is 31.8. The fourth-order valence-corrected chi connectivity index (χ4v) is 3.81. The Kier molecular flexibility index (Phi) is 5.99. The van der Waals surface area contributed by atoms with E-state index in [-0.39, 0.29) is 24.0 Å². The van der Waals surface area contributed by atoms with Gasteiger partial charge in [0, 0.05) is 35.9 Å². The zero-order valence-electron chi connectivity index (χ0n) is 15.9. The summed E-state index contributed by atoms with van der Waals surface area (Å²) in [6.07, 6.45) is 3.04. The molecular formula is C23H18F2N2O2S. The van der Waals surface area contributed by atoms with Gasteiger partial charge < -0.3 is 9.73 Å². The minimum Gasteiger partial charge on any atom is -0.461 e. The fraction of sp³-hybridized carbons (Fsp3) is 0.130. The van der Waals surface area contributed by atoms with Gasteiger partial charge in [0.1, 0.15) is 23.2 Å². The standard InChI is InChI=1S/C23H18F2N2O2S/c24-17-5-1-15(2-6-17)13-20-14-26-23(30-20)27-22(28)12-10-19-9-11-21(29-19)16-3-7-18(25)8-4-16/h1-9,11,14H,10,12-13H2,(H,26,27,28). The summed E-state index contributed by atoms with van der Waals surface area (Å²) in [4.78, 5) is 17.4. The summed E-state index contributed by atoms with van der Waals surface area (Å²) in [5.41, 5.74) is 1.76. The molecule has 4 aromatic rings. The topological polar surface area (TPSA) is 55.1 Å². The van der Waals surface area contributed by atoms with Gasteiger partial charge in [-0.3, -0.25) is 4.79 Å². The zero-order chi connectivity index (χ0) is 20.9. The first-order valence-corrected chi connectivity index (χ1v) is 10.2. The highest BCUT2D eigenvalue weighted by molar-refractivity contribution is 7.15. The zero-order valence-corrected chi connectivity index (χ0v) is 16.7. The molecule has 1 amide bonds. The van der Waals surface area contributed by atoms with Crippen molar-refractivity contribution in [3.05, 3.63) is 94.7 Å². The number of thiazole rings is 1. The van der Waals surface area contributed by atoms with Crippen molar-refractivity contribution in [2.45, 2.75) is 19.3 Å². The van der Waals surface area contributed by atoms with Gasteiger partial charge in [0.2, 0.25) is 5.91 Å². The Balaban J connectivity index is 1.28. The van der Waals surface area contributed by atoms with Crippen LogP contribution in [0.5, 0.6) is 0 Å². The smallest absolute Gasteiger partial charge is 0.226 e. The quantitative estimate of drug-likeness (QED) is 0.405. The second-order valence-electron chi connectivity index (χ2n) is 6.76. The molecular weight excluding hydrogens is 406 g/mol. The number of aromatic nitrogens is 1. The number of nitrogens with zero attached hydrogens (tertiary/aromatic N) is 1. The molecule has 4 nitrogen and oxygen atoms in total. The third kappa shape index (κ3) is 5.18. The fourth-order valence-electron chi connectivity index (χ4n) is 2.95. The molecule has 0 spiro atoms. The molecule has 0 bridgehead atoms. The number of benzene rings is 2. The van der Waals surface area contributed by atoms with E-state index in [0.717, 1.165) is 16.0 Å². The molecule has 0 fully saturated rings. The number of furan rings is 1. The predicted octanol–water partition coefficient (Wildman–Crippen LogP) is 5.84. The molecule has 152 valence electrons. The minimum atomic E-state index is -0.301.